The Bertz CT molecular complexity index is 884. The molecule has 2 aromatic carbocycles. The molecule has 0 bridgehead atoms. The zero-order valence-electron chi connectivity index (χ0n) is 14.8. The highest BCUT2D eigenvalue weighted by atomic mass is 16.5. The Morgan fingerprint density at radius 2 is 1.81 bits per heavy atom. The zero-order valence-corrected chi connectivity index (χ0v) is 14.8. The molecule has 130 valence electrons. The van der Waals surface area contributed by atoms with E-state index in [9.17, 15) is 4.79 Å². The molecule has 0 radical (unpaired) electrons. The Hall–Kier alpha value is -3.20. The quantitative estimate of drug-likeness (QED) is 0.463. The van der Waals surface area contributed by atoms with Gasteiger partial charge in [0.05, 0.1) is 5.69 Å². The van der Waals surface area contributed by atoms with E-state index in [0.29, 0.717) is 0 Å². The van der Waals surface area contributed by atoms with Crippen molar-refractivity contribution in [1.29, 1.82) is 0 Å². The summed E-state index contributed by atoms with van der Waals surface area (Å²) in [5.41, 5.74) is 5.13. The van der Waals surface area contributed by atoms with E-state index < -0.39 is 0 Å². The molecular weight excluding hydrogens is 322 g/mol. The van der Waals surface area contributed by atoms with Gasteiger partial charge in [-0.05, 0) is 41.3 Å². The SMILES string of the molecule is CCc1cccc(-c2ccc(/C=C/C(=O)OCc3ccccc3)cn2)c1. The molecule has 1 aromatic heterocycles. The fraction of sp³-hybridized carbons (Fsp3) is 0.130. The van der Waals surface area contributed by atoms with Gasteiger partial charge in [0, 0.05) is 17.8 Å². The maximum absolute atomic E-state index is 11.8. The number of pyridine rings is 1. The van der Waals surface area contributed by atoms with Crippen LogP contribution in [0.15, 0.2) is 79.0 Å². The minimum atomic E-state index is -0.367. The van der Waals surface area contributed by atoms with E-state index in [-0.39, 0.29) is 12.6 Å². The first-order chi connectivity index (χ1) is 12.7. The largest absolute Gasteiger partial charge is 0.458 e. The fourth-order valence-electron chi connectivity index (χ4n) is 2.57. The van der Waals surface area contributed by atoms with Gasteiger partial charge in [-0.25, -0.2) is 4.79 Å². The number of aromatic nitrogens is 1. The van der Waals surface area contributed by atoms with Crippen molar-refractivity contribution in [3.05, 3.63) is 95.7 Å². The van der Waals surface area contributed by atoms with Crippen LogP contribution in [0.5, 0.6) is 0 Å². The van der Waals surface area contributed by atoms with E-state index in [2.05, 4.69) is 30.1 Å². The highest BCUT2D eigenvalue weighted by Crippen LogP contribution is 2.19. The van der Waals surface area contributed by atoms with Crippen LogP contribution < -0.4 is 0 Å². The average molecular weight is 343 g/mol. The summed E-state index contributed by atoms with van der Waals surface area (Å²) in [7, 11) is 0. The molecule has 26 heavy (non-hydrogen) atoms. The standard InChI is InChI=1S/C23H21NO2/c1-2-18-9-6-10-21(15-18)22-13-11-19(16-24-22)12-14-23(25)26-17-20-7-4-3-5-8-20/h3-16H,2,17H2,1H3/b14-12+. The van der Waals surface area contributed by atoms with Crippen LogP contribution >= 0.6 is 0 Å². The predicted octanol–water partition coefficient (Wildman–Crippen LogP) is 5.07. The molecule has 1 heterocycles. The van der Waals surface area contributed by atoms with Gasteiger partial charge >= 0.3 is 5.97 Å². The predicted molar refractivity (Wildman–Crippen MR) is 104 cm³/mol. The summed E-state index contributed by atoms with van der Waals surface area (Å²) in [6.45, 7) is 2.41. The normalized spacial score (nSPS) is 10.8. The van der Waals surface area contributed by atoms with Gasteiger partial charge in [-0.3, -0.25) is 4.98 Å². The first kappa shape index (κ1) is 17.6. The van der Waals surface area contributed by atoms with Gasteiger partial charge in [-0.2, -0.15) is 0 Å². The van der Waals surface area contributed by atoms with Gasteiger partial charge in [0.1, 0.15) is 6.61 Å². The first-order valence-corrected chi connectivity index (χ1v) is 8.69. The van der Waals surface area contributed by atoms with Crippen molar-refractivity contribution in [2.45, 2.75) is 20.0 Å². The Kier molecular flexibility index (Phi) is 5.94. The van der Waals surface area contributed by atoms with Crippen LogP contribution in [0.3, 0.4) is 0 Å². The van der Waals surface area contributed by atoms with E-state index >= 15 is 0 Å². The summed E-state index contributed by atoms with van der Waals surface area (Å²) in [5.74, 6) is -0.367. The molecule has 0 atom stereocenters. The van der Waals surface area contributed by atoms with Crippen LogP contribution in [0.1, 0.15) is 23.6 Å². The van der Waals surface area contributed by atoms with Crippen molar-refractivity contribution in [2.24, 2.45) is 0 Å². The number of carbonyl (C=O) groups excluding carboxylic acids is 1. The molecule has 0 unspecified atom stereocenters. The first-order valence-electron chi connectivity index (χ1n) is 8.69. The maximum Gasteiger partial charge on any atom is 0.331 e. The number of aryl methyl sites for hydroxylation is 1. The minimum absolute atomic E-state index is 0.273. The highest BCUT2D eigenvalue weighted by molar-refractivity contribution is 5.87. The maximum atomic E-state index is 11.8. The lowest BCUT2D eigenvalue weighted by molar-refractivity contribution is -0.138. The number of carbonyl (C=O) groups is 1. The zero-order chi connectivity index (χ0) is 18.2. The van der Waals surface area contributed by atoms with Gasteiger partial charge in [-0.15, -0.1) is 0 Å². The molecule has 0 amide bonds. The number of rotatable bonds is 6. The second kappa shape index (κ2) is 8.77. The Morgan fingerprint density at radius 3 is 2.54 bits per heavy atom. The molecule has 3 heteroatoms. The van der Waals surface area contributed by atoms with Crippen LogP contribution in [0.2, 0.25) is 0 Å². The number of hydrogen-bond donors (Lipinski definition) is 0. The monoisotopic (exact) mass is 343 g/mol. The third-order valence-electron chi connectivity index (χ3n) is 4.05. The fourth-order valence-corrected chi connectivity index (χ4v) is 2.57. The number of hydrogen-bond acceptors (Lipinski definition) is 3. The highest BCUT2D eigenvalue weighted by Gasteiger charge is 2.01. The second-order valence-electron chi connectivity index (χ2n) is 5.96. The Balaban J connectivity index is 1.59. The molecule has 0 saturated heterocycles. The molecule has 0 saturated carbocycles. The molecule has 0 aliphatic rings. The molecule has 0 fully saturated rings. The number of nitrogens with zero attached hydrogens (tertiary/aromatic N) is 1. The van der Waals surface area contributed by atoms with Crippen molar-refractivity contribution in [2.75, 3.05) is 0 Å². The van der Waals surface area contributed by atoms with Crippen LogP contribution in [-0.4, -0.2) is 11.0 Å². The van der Waals surface area contributed by atoms with Crippen molar-refractivity contribution in [1.82, 2.24) is 4.98 Å². The van der Waals surface area contributed by atoms with Crippen molar-refractivity contribution < 1.29 is 9.53 Å². The van der Waals surface area contributed by atoms with Gasteiger partial charge < -0.3 is 4.74 Å². The molecule has 3 rings (SSSR count). The molecule has 0 N–H and O–H groups in total. The average Bonchev–Trinajstić information content (AvgIpc) is 2.72. The number of esters is 1. The van der Waals surface area contributed by atoms with Crippen molar-refractivity contribution >= 4 is 12.0 Å². The number of ether oxygens (including phenoxy) is 1. The number of benzene rings is 2. The summed E-state index contributed by atoms with van der Waals surface area (Å²) in [6.07, 6.45) is 5.90. The molecule has 3 aromatic rings. The van der Waals surface area contributed by atoms with Crippen molar-refractivity contribution in [3.63, 3.8) is 0 Å². The molecule has 0 aliphatic carbocycles. The summed E-state index contributed by atoms with van der Waals surface area (Å²) in [6, 6.07) is 21.9. The van der Waals surface area contributed by atoms with E-state index in [4.69, 9.17) is 4.74 Å². The van der Waals surface area contributed by atoms with Crippen LogP contribution in [0.25, 0.3) is 17.3 Å². The van der Waals surface area contributed by atoms with Crippen LogP contribution in [-0.2, 0) is 22.6 Å². The third-order valence-corrected chi connectivity index (χ3v) is 4.05. The van der Waals surface area contributed by atoms with E-state index in [0.717, 1.165) is 28.8 Å². The smallest absolute Gasteiger partial charge is 0.331 e. The van der Waals surface area contributed by atoms with Gasteiger partial charge in [0.25, 0.3) is 0 Å². The third kappa shape index (κ3) is 4.90. The summed E-state index contributed by atoms with van der Waals surface area (Å²) >= 11 is 0. The molecule has 0 spiro atoms. The summed E-state index contributed by atoms with van der Waals surface area (Å²) < 4.78 is 5.22. The van der Waals surface area contributed by atoms with Gasteiger partial charge in [0.15, 0.2) is 0 Å². The van der Waals surface area contributed by atoms with Crippen LogP contribution in [0.4, 0.5) is 0 Å². The summed E-state index contributed by atoms with van der Waals surface area (Å²) in [5, 5.41) is 0. The Morgan fingerprint density at radius 1 is 1.00 bits per heavy atom. The molecule has 0 aliphatic heterocycles. The van der Waals surface area contributed by atoms with Gasteiger partial charge in [0.2, 0.25) is 0 Å². The van der Waals surface area contributed by atoms with Crippen molar-refractivity contribution in [3.8, 4) is 11.3 Å². The van der Waals surface area contributed by atoms with E-state index in [1.54, 1.807) is 12.3 Å². The van der Waals surface area contributed by atoms with Crippen LogP contribution in [0, 0.1) is 0 Å². The lowest BCUT2D eigenvalue weighted by Gasteiger charge is -2.04. The Labute approximate surface area is 154 Å². The minimum Gasteiger partial charge on any atom is -0.458 e. The van der Waals surface area contributed by atoms with E-state index in [1.807, 2.05) is 48.5 Å². The van der Waals surface area contributed by atoms with Gasteiger partial charge in [-0.1, -0.05) is 61.5 Å². The second-order valence-corrected chi connectivity index (χ2v) is 5.96. The lowest BCUT2D eigenvalue weighted by Crippen LogP contribution is -2.00. The van der Waals surface area contributed by atoms with E-state index in [1.165, 1.54) is 11.6 Å². The molecular formula is C23H21NO2. The summed E-state index contributed by atoms with van der Waals surface area (Å²) in [4.78, 5) is 16.3. The lowest BCUT2D eigenvalue weighted by atomic mass is 10.1. The molecule has 3 nitrogen and oxygen atoms in total. The topological polar surface area (TPSA) is 39.2 Å².